The number of carbonyl (C=O) groups is 3. The first-order valence-electron chi connectivity index (χ1n) is 16.9. The van der Waals surface area contributed by atoms with E-state index in [2.05, 4.69) is 30.5 Å². The molecule has 240 valence electrons. The van der Waals surface area contributed by atoms with E-state index >= 15 is 0 Å². The summed E-state index contributed by atoms with van der Waals surface area (Å²) in [6.07, 6.45) is 16.3. The van der Waals surface area contributed by atoms with Crippen molar-refractivity contribution in [3.05, 3.63) is 0 Å². The van der Waals surface area contributed by atoms with E-state index in [-0.39, 0.29) is 47.9 Å². The predicted octanol–water partition coefficient (Wildman–Crippen LogP) is 4.91. The van der Waals surface area contributed by atoms with Crippen molar-refractivity contribution in [2.24, 2.45) is 29.6 Å². The Morgan fingerprint density at radius 3 is 2.12 bits per heavy atom. The molecule has 0 aromatic carbocycles. The smallest absolute Gasteiger partial charge is 0.234 e. The second-order valence-corrected chi connectivity index (χ2v) is 13.3. The van der Waals surface area contributed by atoms with Gasteiger partial charge in [-0.25, -0.2) is 5.01 Å². The summed E-state index contributed by atoms with van der Waals surface area (Å²) in [5.41, 5.74) is 2.98. The maximum absolute atomic E-state index is 13.8. The fourth-order valence-electron chi connectivity index (χ4n) is 6.80. The number of nitrogens with one attached hydrogen (secondary N) is 2. The molecule has 2 fully saturated rings. The van der Waals surface area contributed by atoms with Crippen molar-refractivity contribution in [2.75, 3.05) is 26.2 Å². The van der Waals surface area contributed by atoms with Gasteiger partial charge < -0.3 is 15.3 Å². The highest BCUT2D eigenvalue weighted by molar-refractivity contribution is 5.83. The van der Waals surface area contributed by atoms with Crippen LogP contribution in [0.25, 0.3) is 0 Å². The van der Waals surface area contributed by atoms with Gasteiger partial charge in [-0.1, -0.05) is 66.7 Å². The first kappa shape index (κ1) is 36.1. The third-order valence-electron chi connectivity index (χ3n) is 8.84. The summed E-state index contributed by atoms with van der Waals surface area (Å²) in [4.78, 5) is 41.8. The fourth-order valence-corrected chi connectivity index (χ4v) is 6.80. The van der Waals surface area contributed by atoms with Crippen molar-refractivity contribution in [1.29, 1.82) is 0 Å². The molecule has 0 bridgehead atoms. The van der Waals surface area contributed by atoms with E-state index in [1.165, 1.54) is 19.3 Å². The van der Waals surface area contributed by atoms with Crippen LogP contribution in [0.3, 0.4) is 0 Å². The van der Waals surface area contributed by atoms with Crippen molar-refractivity contribution in [1.82, 2.24) is 20.7 Å². The SMILES string of the molecule is C#CC1CC(C(=O)NC(CC2CCCCC2)C(O)CN(CCC)NC(=O)CC(C)C)CC(C(=O)N(CCC)CCC)C1. The fraction of sp³-hybridized carbons (Fsp3) is 0.853. The molecular formula is C34H60N4O4. The molecule has 3 N–H and O–H groups in total. The van der Waals surface area contributed by atoms with E-state index in [1.54, 1.807) is 5.01 Å². The van der Waals surface area contributed by atoms with Crippen molar-refractivity contribution < 1.29 is 19.5 Å². The van der Waals surface area contributed by atoms with Crippen LogP contribution in [-0.2, 0) is 14.4 Å². The second kappa shape index (κ2) is 19.2. The lowest BCUT2D eigenvalue weighted by Gasteiger charge is -2.37. The van der Waals surface area contributed by atoms with Gasteiger partial charge in [-0.2, -0.15) is 0 Å². The molecule has 0 aromatic heterocycles. The normalized spacial score (nSPS) is 22.8. The first-order valence-corrected chi connectivity index (χ1v) is 16.9. The summed E-state index contributed by atoms with van der Waals surface area (Å²) >= 11 is 0. The lowest BCUT2D eigenvalue weighted by molar-refractivity contribution is -0.139. The van der Waals surface area contributed by atoms with Crippen LogP contribution in [0.1, 0.15) is 118 Å². The van der Waals surface area contributed by atoms with E-state index in [0.717, 1.165) is 45.2 Å². The molecule has 2 saturated carbocycles. The van der Waals surface area contributed by atoms with Crippen LogP contribution in [0.4, 0.5) is 0 Å². The summed E-state index contributed by atoms with van der Waals surface area (Å²) < 4.78 is 0. The molecule has 0 heterocycles. The zero-order chi connectivity index (χ0) is 31.1. The molecule has 2 rings (SSSR count). The van der Waals surface area contributed by atoms with Gasteiger partial charge in [-0.05, 0) is 56.8 Å². The predicted molar refractivity (Wildman–Crippen MR) is 169 cm³/mol. The van der Waals surface area contributed by atoms with Gasteiger partial charge in [0.25, 0.3) is 0 Å². The summed E-state index contributed by atoms with van der Waals surface area (Å²) in [6, 6.07) is -0.431. The van der Waals surface area contributed by atoms with E-state index in [9.17, 15) is 19.5 Å². The van der Waals surface area contributed by atoms with Crippen molar-refractivity contribution >= 4 is 17.7 Å². The summed E-state index contributed by atoms with van der Waals surface area (Å²) in [7, 11) is 0. The third kappa shape index (κ3) is 12.2. The Morgan fingerprint density at radius 1 is 0.929 bits per heavy atom. The molecule has 2 aliphatic rings. The lowest BCUT2D eigenvalue weighted by Crippen LogP contribution is -2.54. The molecule has 8 nitrogen and oxygen atoms in total. The number of amides is 3. The number of aliphatic hydroxyl groups is 1. The molecule has 0 spiro atoms. The number of aliphatic hydroxyl groups excluding tert-OH is 1. The highest BCUT2D eigenvalue weighted by atomic mass is 16.3. The van der Waals surface area contributed by atoms with E-state index in [4.69, 9.17) is 6.42 Å². The summed E-state index contributed by atoms with van der Waals surface area (Å²) in [6.45, 7) is 12.5. The number of hydrogen-bond donors (Lipinski definition) is 3. The summed E-state index contributed by atoms with van der Waals surface area (Å²) in [5.74, 6) is 2.73. The van der Waals surface area contributed by atoms with Gasteiger partial charge >= 0.3 is 0 Å². The molecule has 0 aromatic rings. The van der Waals surface area contributed by atoms with E-state index in [1.807, 2.05) is 25.7 Å². The van der Waals surface area contributed by atoms with Crippen molar-refractivity contribution in [3.8, 4) is 12.3 Å². The lowest BCUT2D eigenvalue weighted by atomic mass is 9.74. The van der Waals surface area contributed by atoms with Gasteiger partial charge in [-0.3, -0.25) is 19.8 Å². The van der Waals surface area contributed by atoms with E-state index < -0.39 is 12.1 Å². The number of rotatable bonds is 17. The zero-order valence-corrected chi connectivity index (χ0v) is 27.2. The average Bonchev–Trinajstić information content (AvgIpc) is 2.96. The molecular weight excluding hydrogens is 528 g/mol. The highest BCUT2D eigenvalue weighted by Crippen LogP contribution is 2.35. The quantitative estimate of drug-likeness (QED) is 0.166. The van der Waals surface area contributed by atoms with Gasteiger partial charge in [0.1, 0.15) is 0 Å². The minimum atomic E-state index is -0.837. The topological polar surface area (TPSA) is 102 Å². The number of nitrogens with zero attached hydrogens (tertiary/aromatic N) is 2. The molecule has 2 aliphatic carbocycles. The Balaban J connectivity index is 2.18. The van der Waals surface area contributed by atoms with Crippen LogP contribution in [0.2, 0.25) is 0 Å². The first-order chi connectivity index (χ1) is 20.1. The monoisotopic (exact) mass is 588 g/mol. The average molecular weight is 589 g/mol. The van der Waals surface area contributed by atoms with Gasteiger partial charge in [0.15, 0.2) is 0 Å². The van der Waals surface area contributed by atoms with Gasteiger partial charge in [0, 0.05) is 50.4 Å². The Morgan fingerprint density at radius 2 is 1.55 bits per heavy atom. The third-order valence-corrected chi connectivity index (χ3v) is 8.84. The van der Waals surface area contributed by atoms with Gasteiger partial charge in [-0.15, -0.1) is 12.3 Å². The number of hydrazine groups is 1. The Kier molecular flexibility index (Phi) is 16.5. The van der Waals surface area contributed by atoms with Crippen molar-refractivity contribution in [2.45, 2.75) is 130 Å². The molecule has 5 unspecified atom stereocenters. The minimum Gasteiger partial charge on any atom is -0.390 e. The van der Waals surface area contributed by atoms with E-state index in [0.29, 0.717) is 44.6 Å². The molecule has 42 heavy (non-hydrogen) atoms. The van der Waals surface area contributed by atoms with Crippen LogP contribution in [0, 0.1) is 41.9 Å². The van der Waals surface area contributed by atoms with Crippen LogP contribution >= 0.6 is 0 Å². The Labute approximate surface area is 256 Å². The Bertz CT molecular complexity index is 860. The highest BCUT2D eigenvalue weighted by Gasteiger charge is 2.38. The molecule has 3 amide bonds. The van der Waals surface area contributed by atoms with Crippen LogP contribution in [0.5, 0.6) is 0 Å². The Hall–Kier alpha value is -2.11. The second-order valence-electron chi connectivity index (χ2n) is 13.3. The largest absolute Gasteiger partial charge is 0.390 e. The molecule has 0 radical (unpaired) electrons. The zero-order valence-electron chi connectivity index (χ0n) is 27.2. The molecule has 0 saturated heterocycles. The molecule has 5 atom stereocenters. The molecule has 8 heteroatoms. The van der Waals surface area contributed by atoms with Crippen LogP contribution < -0.4 is 10.7 Å². The van der Waals surface area contributed by atoms with Crippen molar-refractivity contribution in [3.63, 3.8) is 0 Å². The maximum atomic E-state index is 13.8. The minimum absolute atomic E-state index is 0.0584. The standard InChI is InChI=1S/C34H60N4O4/c1-7-16-37(17-8-2)34(42)29-21-26(10-4)20-28(23-29)33(41)35-30(22-27-14-12-11-13-15-27)31(39)24-38(18-9-3)36-32(40)19-25(5)6/h4,25-31,39H,7-9,11-24H2,1-3,5-6H3,(H,35,41)(H,36,40). The van der Waals surface area contributed by atoms with Crippen LogP contribution in [-0.4, -0.2) is 71.1 Å². The van der Waals surface area contributed by atoms with Gasteiger partial charge in [0.05, 0.1) is 12.1 Å². The number of carbonyl (C=O) groups excluding carboxylic acids is 3. The van der Waals surface area contributed by atoms with Crippen LogP contribution in [0.15, 0.2) is 0 Å². The number of hydrogen-bond acceptors (Lipinski definition) is 5. The van der Waals surface area contributed by atoms with Gasteiger partial charge in [0.2, 0.25) is 17.7 Å². The maximum Gasteiger partial charge on any atom is 0.234 e. The summed E-state index contributed by atoms with van der Waals surface area (Å²) in [5, 5.41) is 16.5. The number of terminal acetylenes is 1. The molecule has 0 aliphatic heterocycles.